The topological polar surface area (TPSA) is 114 Å². The molecule has 0 radical (unpaired) electrons. The minimum atomic E-state index is -4.57. The van der Waals surface area contributed by atoms with Crippen LogP contribution in [0.5, 0.6) is 0 Å². The van der Waals surface area contributed by atoms with Gasteiger partial charge in [-0.15, -0.1) is 0 Å². The first-order chi connectivity index (χ1) is 22.3. The Kier molecular flexibility index (Phi) is 9.57. The van der Waals surface area contributed by atoms with Crippen LogP contribution in [0.4, 0.5) is 13.2 Å². The fourth-order valence-corrected chi connectivity index (χ4v) is 6.84. The Morgan fingerprint density at radius 3 is 2.62 bits per heavy atom. The van der Waals surface area contributed by atoms with Gasteiger partial charge in [-0.25, -0.2) is 4.98 Å². The SMILES string of the molecule is CC(C)(c1ncc(-c2ccc(Cl)cc2)o1)N1CCN(C[C@@H]2C[C@@H](Cc3cc4cncc(I)c4o3)C(=O)O2)[C@H](C(=O)NCC(F)(F)F)C1. The van der Waals surface area contributed by atoms with Gasteiger partial charge in [0.15, 0.2) is 11.3 Å². The second kappa shape index (κ2) is 13.4. The molecule has 10 nitrogen and oxygen atoms in total. The fourth-order valence-electron chi connectivity index (χ4n) is 6.13. The van der Waals surface area contributed by atoms with Crippen LogP contribution in [0, 0.1) is 9.49 Å². The van der Waals surface area contributed by atoms with Crippen LogP contribution in [0.3, 0.4) is 0 Å². The van der Waals surface area contributed by atoms with Crippen LogP contribution in [-0.2, 0) is 26.3 Å². The summed E-state index contributed by atoms with van der Waals surface area (Å²) in [4.78, 5) is 38.6. The number of rotatable bonds is 9. The van der Waals surface area contributed by atoms with Gasteiger partial charge in [-0.2, -0.15) is 13.2 Å². The number of cyclic esters (lactones) is 1. The number of hydrogen-bond donors (Lipinski definition) is 1. The molecule has 2 aliphatic heterocycles. The Labute approximate surface area is 287 Å². The van der Waals surface area contributed by atoms with Crippen LogP contribution < -0.4 is 5.32 Å². The van der Waals surface area contributed by atoms with Gasteiger partial charge in [0.1, 0.15) is 24.5 Å². The molecule has 2 aliphatic rings. The number of piperazine rings is 1. The second-order valence-corrected chi connectivity index (χ2v) is 13.9. The number of pyridine rings is 1. The molecule has 3 aromatic heterocycles. The van der Waals surface area contributed by atoms with Crippen molar-refractivity contribution in [2.75, 3.05) is 32.7 Å². The van der Waals surface area contributed by atoms with Gasteiger partial charge in [0.25, 0.3) is 0 Å². The van der Waals surface area contributed by atoms with Crippen LogP contribution in [0.2, 0.25) is 5.02 Å². The highest BCUT2D eigenvalue weighted by Crippen LogP contribution is 2.34. The standard InChI is InChI=1S/C32H32ClF3IN5O5/c1-31(2,30-39-14-26(47-30)18-3-5-21(33)6-4-18)42-8-7-41(25(16-42)28(43)40-17-32(34,35)36)15-23-10-19(29(44)46-23)9-22-11-20-12-38-13-24(37)27(20)45-22/h3-6,11-14,19,23,25H,7-10,15-17H2,1-2H3,(H,40,43)/t19-,23+,25+/m1/s1. The van der Waals surface area contributed by atoms with Gasteiger partial charge in [-0.3, -0.25) is 24.4 Å². The molecule has 0 bridgehead atoms. The van der Waals surface area contributed by atoms with Crippen molar-refractivity contribution >= 4 is 57.0 Å². The number of oxazole rings is 1. The van der Waals surface area contributed by atoms with Crippen LogP contribution >= 0.6 is 34.2 Å². The van der Waals surface area contributed by atoms with E-state index in [1.54, 1.807) is 35.6 Å². The zero-order chi connectivity index (χ0) is 33.5. The monoisotopic (exact) mass is 785 g/mol. The quantitative estimate of drug-likeness (QED) is 0.166. The molecule has 1 amide bonds. The lowest BCUT2D eigenvalue weighted by Gasteiger charge is -2.46. The van der Waals surface area contributed by atoms with Gasteiger partial charge in [0, 0.05) is 61.0 Å². The Bertz CT molecular complexity index is 1760. The average molecular weight is 786 g/mol. The van der Waals surface area contributed by atoms with Gasteiger partial charge in [0.2, 0.25) is 11.8 Å². The molecular formula is C32H32ClF3IN5O5. The van der Waals surface area contributed by atoms with E-state index < -0.39 is 42.2 Å². The van der Waals surface area contributed by atoms with Crippen LogP contribution in [0.1, 0.15) is 31.9 Å². The molecule has 47 heavy (non-hydrogen) atoms. The number of aromatic nitrogens is 2. The van der Waals surface area contributed by atoms with Crippen molar-refractivity contribution in [3.8, 4) is 11.3 Å². The summed E-state index contributed by atoms with van der Waals surface area (Å²) in [6, 6.07) is 8.03. The third-order valence-corrected chi connectivity index (χ3v) is 9.71. The third kappa shape index (κ3) is 7.60. The van der Waals surface area contributed by atoms with Crippen LogP contribution in [0.25, 0.3) is 22.3 Å². The molecule has 6 rings (SSSR count). The number of amides is 1. The van der Waals surface area contributed by atoms with Gasteiger partial charge in [0.05, 0.1) is 21.2 Å². The van der Waals surface area contributed by atoms with E-state index >= 15 is 0 Å². The van der Waals surface area contributed by atoms with Crippen LogP contribution in [0.15, 0.2) is 57.8 Å². The number of nitrogens with one attached hydrogen (secondary N) is 1. The molecule has 3 atom stereocenters. The fraction of sp³-hybridized carbons (Fsp3) is 0.438. The number of hydrogen-bond acceptors (Lipinski definition) is 9. The molecule has 1 N–H and O–H groups in total. The predicted molar refractivity (Wildman–Crippen MR) is 174 cm³/mol. The molecule has 0 spiro atoms. The number of fused-ring (bicyclic) bond motifs is 1. The van der Waals surface area contributed by atoms with Gasteiger partial charge in [-0.1, -0.05) is 11.6 Å². The molecule has 4 aromatic rings. The molecule has 2 fully saturated rings. The van der Waals surface area contributed by atoms with Crippen molar-refractivity contribution in [1.29, 1.82) is 0 Å². The molecule has 0 aliphatic carbocycles. The number of benzene rings is 1. The predicted octanol–water partition coefficient (Wildman–Crippen LogP) is 5.82. The minimum Gasteiger partial charge on any atom is -0.461 e. The summed E-state index contributed by atoms with van der Waals surface area (Å²) in [5.41, 5.74) is 0.692. The normalized spacial score (nSPS) is 21.3. The molecule has 250 valence electrons. The maximum atomic E-state index is 13.3. The number of carbonyl (C=O) groups excluding carboxylic acids is 2. The summed E-state index contributed by atoms with van der Waals surface area (Å²) in [6.07, 6.45) is 0.628. The Balaban J connectivity index is 1.15. The largest absolute Gasteiger partial charge is 0.461 e. The summed E-state index contributed by atoms with van der Waals surface area (Å²) < 4.78 is 57.9. The number of ether oxygens (including phenoxy) is 1. The summed E-state index contributed by atoms with van der Waals surface area (Å²) >= 11 is 8.15. The van der Waals surface area contributed by atoms with E-state index in [1.165, 1.54) is 0 Å². The van der Waals surface area contributed by atoms with Crippen molar-refractivity contribution in [2.24, 2.45) is 5.92 Å². The lowest BCUT2D eigenvalue weighted by atomic mass is 9.97. The molecule has 15 heteroatoms. The van der Waals surface area contributed by atoms with Gasteiger partial charge < -0.3 is 18.9 Å². The lowest BCUT2D eigenvalue weighted by molar-refractivity contribution is -0.148. The molecule has 0 saturated carbocycles. The molecule has 5 heterocycles. The van der Waals surface area contributed by atoms with Crippen molar-refractivity contribution in [3.63, 3.8) is 0 Å². The van der Waals surface area contributed by atoms with Gasteiger partial charge >= 0.3 is 12.1 Å². The summed E-state index contributed by atoms with van der Waals surface area (Å²) in [5.74, 6) is -0.0169. The number of halogens is 5. The first-order valence-corrected chi connectivity index (χ1v) is 16.5. The summed E-state index contributed by atoms with van der Waals surface area (Å²) in [5, 5.41) is 3.48. The molecule has 1 aromatic carbocycles. The van der Waals surface area contributed by atoms with Gasteiger partial charge in [-0.05, 0) is 73.2 Å². The number of furan rings is 1. The first kappa shape index (κ1) is 33.7. The number of nitrogens with zero attached hydrogens (tertiary/aromatic N) is 4. The lowest BCUT2D eigenvalue weighted by Crippen LogP contribution is -2.63. The number of esters is 1. The summed E-state index contributed by atoms with van der Waals surface area (Å²) in [6.45, 7) is 3.44. The van der Waals surface area contributed by atoms with E-state index in [2.05, 4.69) is 32.6 Å². The Hall–Kier alpha value is -3.21. The van der Waals surface area contributed by atoms with Crippen molar-refractivity contribution in [3.05, 3.63) is 69.2 Å². The summed E-state index contributed by atoms with van der Waals surface area (Å²) in [7, 11) is 0. The highest BCUT2D eigenvalue weighted by atomic mass is 127. The Morgan fingerprint density at radius 2 is 1.89 bits per heavy atom. The number of alkyl halides is 3. The van der Waals surface area contributed by atoms with E-state index in [-0.39, 0.29) is 19.1 Å². The van der Waals surface area contributed by atoms with Crippen molar-refractivity contribution in [1.82, 2.24) is 25.1 Å². The average Bonchev–Trinajstić information content (AvgIpc) is 3.76. The van der Waals surface area contributed by atoms with E-state index in [4.69, 9.17) is 25.2 Å². The van der Waals surface area contributed by atoms with Crippen molar-refractivity contribution in [2.45, 2.75) is 50.6 Å². The van der Waals surface area contributed by atoms with E-state index in [0.29, 0.717) is 53.9 Å². The van der Waals surface area contributed by atoms with E-state index in [9.17, 15) is 22.8 Å². The first-order valence-electron chi connectivity index (χ1n) is 15.0. The Morgan fingerprint density at radius 1 is 1.13 bits per heavy atom. The number of carbonyl (C=O) groups is 2. The highest BCUT2D eigenvalue weighted by Gasteiger charge is 2.44. The zero-order valence-electron chi connectivity index (χ0n) is 25.5. The zero-order valence-corrected chi connectivity index (χ0v) is 28.4. The smallest absolute Gasteiger partial charge is 0.405 e. The minimum absolute atomic E-state index is 0.102. The van der Waals surface area contributed by atoms with E-state index in [1.807, 2.05) is 42.3 Å². The molecule has 0 unspecified atom stereocenters. The van der Waals surface area contributed by atoms with Crippen LogP contribution in [-0.4, -0.2) is 82.7 Å². The second-order valence-electron chi connectivity index (χ2n) is 12.3. The maximum absolute atomic E-state index is 13.3. The maximum Gasteiger partial charge on any atom is 0.405 e. The highest BCUT2D eigenvalue weighted by molar-refractivity contribution is 14.1. The van der Waals surface area contributed by atoms with Crippen molar-refractivity contribution < 1.29 is 36.3 Å². The van der Waals surface area contributed by atoms with E-state index in [0.717, 1.165) is 14.5 Å². The molecular weight excluding hydrogens is 754 g/mol. The molecule has 2 saturated heterocycles. The third-order valence-electron chi connectivity index (χ3n) is 8.68.